The molecular weight excluding hydrogens is 296 g/mol. The van der Waals surface area contributed by atoms with E-state index in [1.807, 2.05) is 0 Å². The van der Waals surface area contributed by atoms with Gasteiger partial charge >= 0.3 is 0 Å². The van der Waals surface area contributed by atoms with Gasteiger partial charge in [0.1, 0.15) is 0 Å². The van der Waals surface area contributed by atoms with Crippen LogP contribution in [-0.2, 0) is 14.8 Å². The second-order valence-corrected chi connectivity index (χ2v) is 5.45. The molecule has 0 aliphatic carbocycles. The van der Waals surface area contributed by atoms with Gasteiger partial charge in [0.2, 0.25) is 15.9 Å². The number of alkyl halides is 1. The van der Waals surface area contributed by atoms with Gasteiger partial charge in [-0.05, 0) is 18.2 Å². The van der Waals surface area contributed by atoms with Crippen LogP contribution < -0.4 is 10.0 Å². The first-order valence-electron chi connectivity index (χ1n) is 4.34. The van der Waals surface area contributed by atoms with Gasteiger partial charge in [-0.2, -0.15) is 0 Å². The van der Waals surface area contributed by atoms with E-state index in [1.54, 1.807) is 24.3 Å². The lowest BCUT2D eigenvalue weighted by Gasteiger charge is -2.07. The number of carbonyl (C=O) groups is 1. The number of anilines is 2. The second kappa shape index (κ2) is 5.31. The molecule has 0 radical (unpaired) electrons. The van der Waals surface area contributed by atoms with Gasteiger partial charge in [0.15, 0.2) is 0 Å². The molecule has 0 aromatic heterocycles. The van der Waals surface area contributed by atoms with Crippen molar-refractivity contribution in [1.82, 2.24) is 0 Å². The Labute approximate surface area is 102 Å². The van der Waals surface area contributed by atoms with E-state index >= 15 is 0 Å². The average Bonchev–Trinajstić information content (AvgIpc) is 2.15. The summed E-state index contributed by atoms with van der Waals surface area (Å²) in [4.78, 5) is 11.1. The molecule has 0 fully saturated rings. The number of amides is 1. The van der Waals surface area contributed by atoms with Gasteiger partial charge in [-0.3, -0.25) is 9.52 Å². The molecule has 0 unspecified atom stereocenters. The number of hydrogen-bond acceptors (Lipinski definition) is 3. The van der Waals surface area contributed by atoms with Crippen LogP contribution in [0.3, 0.4) is 0 Å². The van der Waals surface area contributed by atoms with Crippen molar-refractivity contribution in [2.24, 2.45) is 0 Å². The third-order valence-electron chi connectivity index (χ3n) is 1.57. The summed E-state index contributed by atoms with van der Waals surface area (Å²) in [5.41, 5.74) is 0.952. The average molecular weight is 307 g/mol. The summed E-state index contributed by atoms with van der Waals surface area (Å²) in [5, 5.41) is 2.79. The predicted octanol–water partition coefficient (Wildman–Crippen LogP) is 1.39. The quantitative estimate of drug-likeness (QED) is 0.826. The number of rotatable bonds is 4. The third kappa shape index (κ3) is 4.63. The van der Waals surface area contributed by atoms with Gasteiger partial charge in [-0.15, -0.1) is 0 Å². The van der Waals surface area contributed by atoms with Crippen molar-refractivity contribution in [3.8, 4) is 0 Å². The first kappa shape index (κ1) is 13.0. The van der Waals surface area contributed by atoms with Crippen LogP contribution >= 0.6 is 15.9 Å². The Balaban J connectivity index is 2.83. The molecule has 0 aliphatic heterocycles. The number of nitrogens with one attached hydrogen (secondary N) is 2. The SMILES string of the molecule is CS(=O)(=O)Nc1cccc(NC(=O)CBr)c1. The Morgan fingerprint density at radius 2 is 2.00 bits per heavy atom. The molecule has 1 rings (SSSR count). The maximum Gasteiger partial charge on any atom is 0.235 e. The molecule has 0 bridgehead atoms. The van der Waals surface area contributed by atoms with E-state index in [-0.39, 0.29) is 11.2 Å². The highest BCUT2D eigenvalue weighted by Crippen LogP contribution is 2.15. The van der Waals surface area contributed by atoms with Crippen molar-refractivity contribution in [2.75, 3.05) is 21.6 Å². The number of carbonyl (C=O) groups excluding carboxylic acids is 1. The van der Waals surface area contributed by atoms with Gasteiger partial charge in [-0.1, -0.05) is 22.0 Å². The number of halogens is 1. The van der Waals surface area contributed by atoms with Crippen LogP contribution in [0, 0.1) is 0 Å². The predicted molar refractivity (Wildman–Crippen MR) is 67.3 cm³/mol. The molecule has 88 valence electrons. The summed E-state index contributed by atoms with van der Waals surface area (Å²) in [5.74, 6) is -0.198. The third-order valence-corrected chi connectivity index (χ3v) is 2.69. The second-order valence-electron chi connectivity index (χ2n) is 3.14. The lowest BCUT2D eigenvalue weighted by Crippen LogP contribution is -2.13. The standard InChI is InChI=1S/C9H11BrN2O3S/c1-16(14,15)12-8-4-2-3-7(5-8)11-9(13)6-10/h2-5,12H,6H2,1H3,(H,11,13). The minimum atomic E-state index is -3.30. The zero-order valence-corrected chi connectivity index (χ0v) is 10.9. The number of hydrogen-bond donors (Lipinski definition) is 2. The van der Waals surface area contributed by atoms with E-state index in [4.69, 9.17) is 0 Å². The Morgan fingerprint density at radius 1 is 1.38 bits per heavy atom. The van der Waals surface area contributed by atoms with Gasteiger partial charge < -0.3 is 5.32 Å². The van der Waals surface area contributed by atoms with Crippen molar-refractivity contribution >= 4 is 43.2 Å². The Kier molecular flexibility index (Phi) is 4.31. The van der Waals surface area contributed by atoms with Crippen LogP contribution in [0.5, 0.6) is 0 Å². The molecule has 0 spiro atoms. The fraction of sp³-hybridized carbons (Fsp3) is 0.222. The lowest BCUT2D eigenvalue weighted by molar-refractivity contribution is -0.113. The van der Waals surface area contributed by atoms with Crippen LogP contribution in [0.15, 0.2) is 24.3 Å². The molecule has 16 heavy (non-hydrogen) atoms. The smallest absolute Gasteiger partial charge is 0.235 e. The van der Waals surface area contributed by atoms with Crippen molar-refractivity contribution in [3.05, 3.63) is 24.3 Å². The summed E-state index contributed by atoms with van der Waals surface area (Å²) in [6.45, 7) is 0. The fourth-order valence-corrected chi connectivity index (χ4v) is 1.76. The molecule has 5 nitrogen and oxygen atoms in total. The molecule has 0 atom stereocenters. The maximum atomic E-state index is 11.1. The van der Waals surface area contributed by atoms with Gasteiger partial charge in [0.05, 0.1) is 17.3 Å². The molecule has 0 aliphatic rings. The van der Waals surface area contributed by atoms with E-state index in [2.05, 4.69) is 26.0 Å². The number of sulfonamides is 1. The van der Waals surface area contributed by atoms with Crippen LogP contribution in [0.4, 0.5) is 11.4 Å². The zero-order chi connectivity index (χ0) is 12.2. The number of benzene rings is 1. The molecule has 0 saturated heterocycles. The van der Waals surface area contributed by atoms with Crippen LogP contribution in [0.2, 0.25) is 0 Å². The first-order chi connectivity index (χ1) is 7.40. The van der Waals surface area contributed by atoms with E-state index in [1.165, 1.54) is 0 Å². The molecule has 1 aromatic rings. The summed E-state index contributed by atoms with van der Waals surface area (Å²) in [6.07, 6.45) is 1.07. The minimum absolute atomic E-state index is 0.191. The van der Waals surface area contributed by atoms with Crippen molar-refractivity contribution in [1.29, 1.82) is 0 Å². The van der Waals surface area contributed by atoms with Crippen LogP contribution in [0.1, 0.15) is 0 Å². The summed E-state index contributed by atoms with van der Waals surface area (Å²) in [6, 6.07) is 6.47. The highest BCUT2D eigenvalue weighted by molar-refractivity contribution is 9.09. The van der Waals surface area contributed by atoms with Gasteiger partial charge in [0.25, 0.3) is 0 Å². The van der Waals surface area contributed by atoms with E-state index in [0.29, 0.717) is 11.4 Å². The molecular formula is C9H11BrN2O3S. The largest absolute Gasteiger partial charge is 0.325 e. The van der Waals surface area contributed by atoms with Crippen molar-refractivity contribution in [2.45, 2.75) is 0 Å². The molecule has 2 N–H and O–H groups in total. The topological polar surface area (TPSA) is 75.3 Å². The van der Waals surface area contributed by atoms with E-state index < -0.39 is 10.0 Å². The van der Waals surface area contributed by atoms with Gasteiger partial charge in [-0.25, -0.2) is 8.42 Å². The Hall–Kier alpha value is -1.08. The highest BCUT2D eigenvalue weighted by atomic mass is 79.9. The van der Waals surface area contributed by atoms with Crippen molar-refractivity contribution < 1.29 is 13.2 Å². The van der Waals surface area contributed by atoms with Crippen LogP contribution in [0.25, 0.3) is 0 Å². The normalized spacial score (nSPS) is 10.9. The zero-order valence-electron chi connectivity index (χ0n) is 8.53. The minimum Gasteiger partial charge on any atom is -0.325 e. The molecule has 7 heteroatoms. The van der Waals surface area contributed by atoms with Crippen LogP contribution in [-0.4, -0.2) is 25.9 Å². The van der Waals surface area contributed by atoms with E-state index in [0.717, 1.165) is 6.26 Å². The lowest BCUT2D eigenvalue weighted by atomic mass is 10.3. The molecule has 0 heterocycles. The van der Waals surface area contributed by atoms with Crippen molar-refractivity contribution in [3.63, 3.8) is 0 Å². The molecule has 0 saturated carbocycles. The van der Waals surface area contributed by atoms with Gasteiger partial charge in [0, 0.05) is 5.69 Å². The van der Waals surface area contributed by atoms with E-state index in [9.17, 15) is 13.2 Å². The Bertz CT molecular complexity index is 487. The molecule has 1 amide bonds. The molecule has 1 aromatic carbocycles. The fourth-order valence-electron chi connectivity index (χ4n) is 1.07. The highest BCUT2D eigenvalue weighted by Gasteiger charge is 2.04. The summed E-state index contributed by atoms with van der Waals surface area (Å²) < 4.78 is 24.3. The first-order valence-corrected chi connectivity index (χ1v) is 7.35. The Morgan fingerprint density at radius 3 is 2.56 bits per heavy atom. The summed E-state index contributed by atoms with van der Waals surface area (Å²) in [7, 11) is -3.30. The monoisotopic (exact) mass is 306 g/mol. The summed E-state index contributed by atoms with van der Waals surface area (Å²) >= 11 is 3.02. The maximum absolute atomic E-state index is 11.1.